The largest absolute Gasteiger partial charge is 0.383 e. The summed E-state index contributed by atoms with van der Waals surface area (Å²) in [5.74, 6) is 0.403. The van der Waals surface area contributed by atoms with Crippen molar-refractivity contribution in [2.45, 2.75) is 20.8 Å². The lowest BCUT2D eigenvalue weighted by atomic mass is 10.2. The van der Waals surface area contributed by atoms with Gasteiger partial charge in [-0.1, -0.05) is 25.2 Å². The molecule has 1 rings (SSSR count). The van der Waals surface area contributed by atoms with Crippen molar-refractivity contribution in [3.05, 3.63) is 10.6 Å². The van der Waals surface area contributed by atoms with Crippen molar-refractivity contribution >= 4 is 22.4 Å². The Labute approximate surface area is 112 Å². The van der Waals surface area contributed by atoms with E-state index >= 15 is 0 Å². The second-order valence-corrected chi connectivity index (χ2v) is 5.46. The predicted molar refractivity (Wildman–Crippen MR) is 74.4 cm³/mol. The molecule has 0 saturated heterocycles. The van der Waals surface area contributed by atoms with Gasteiger partial charge in [-0.25, -0.2) is 4.98 Å². The number of hydrogen-bond donors (Lipinski definition) is 2. The van der Waals surface area contributed by atoms with E-state index in [2.05, 4.69) is 29.5 Å². The summed E-state index contributed by atoms with van der Waals surface area (Å²) in [5, 5.41) is 6.79. The summed E-state index contributed by atoms with van der Waals surface area (Å²) >= 11 is 1.38. The topological polar surface area (TPSA) is 63.2 Å². The number of aryl methyl sites for hydroxylation is 1. The third kappa shape index (κ3) is 4.62. The number of thiazole rings is 1. The maximum Gasteiger partial charge on any atom is 0.263 e. The van der Waals surface area contributed by atoms with E-state index in [9.17, 15) is 4.79 Å². The highest BCUT2D eigenvalue weighted by Crippen LogP contribution is 2.22. The second-order valence-electron chi connectivity index (χ2n) is 4.46. The third-order valence-corrected chi connectivity index (χ3v) is 3.37. The Bertz CT molecular complexity index is 391. The molecule has 0 unspecified atom stereocenters. The van der Waals surface area contributed by atoms with Gasteiger partial charge in [-0.15, -0.1) is 0 Å². The molecule has 1 heterocycles. The zero-order chi connectivity index (χ0) is 13.5. The molecule has 1 amide bonds. The van der Waals surface area contributed by atoms with Crippen LogP contribution in [-0.4, -0.2) is 37.7 Å². The third-order valence-electron chi connectivity index (χ3n) is 2.26. The van der Waals surface area contributed by atoms with Gasteiger partial charge in [0.15, 0.2) is 5.13 Å². The Balaban J connectivity index is 2.57. The molecular weight excluding hydrogens is 250 g/mol. The van der Waals surface area contributed by atoms with E-state index in [1.54, 1.807) is 7.11 Å². The summed E-state index contributed by atoms with van der Waals surface area (Å²) in [7, 11) is 1.65. The lowest BCUT2D eigenvalue weighted by Crippen LogP contribution is -2.27. The van der Waals surface area contributed by atoms with Crippen LogP contribution in [0.3, 0.4) is 0 Å². The van der Waals surface area contributed by atoms with E-state index in [0.29, 0.717) is 30.5 Å². The number of nitrogens with zero attached hydrogens (tertiary/aromatic N) is 1. The van der Waals surface area contributed by atoms with Crippen LogP contribution in [0.5, 0.6) is 0 Å². The molecule has 2 N–H and O–H groups in total. The van der Waals surface area contributed by atoms with Crippen LogP contribution >= 0.6 is 11.3 Å². The van der Waals surface area contributed by atoms with Crippen molar-refractivity contribution in [2.75, 3.05) is 32.1 Å². The lowest BCUT2D eigenvalue weighted by Gasteiger charge is -2.06. The summed E-state index contributed by atoms with van der Waals surface area (Å²) in [5.41, 5.74) is 0.765. The summed E-state index contributed by atoms with van der Waals surface area (Å²) in [6, 6.07) is 0. The van der Waals surface area contributed by atoms with Crippen LogP contribution in [0.4, 0.5) is 5.13 Å². The Morgan fingerprint density at radius 1 is 1.50 bits per heavy atom. The number of aromatic nitrogens is 1. The van der Waals surface area contributed by atoms with E-state index in [4.69, 9.17) is 4.74 Å². The van der Waals surface area contributed by atoms with Gasteiger partial charge >= 0.3 is 0 Å². The zero-order valence-electron chi connectivity index (χ0n) is 11.4. The minimum atomic E-state index is -0.0431. The van der Waals surface area contributed by atoms with Gasteiger partial charge in [0.05, 0.1) is 12.3 Å². The molecule has 0 radical (unpaired) electrons. The number of ether oxygens (including phenoxy) is 1. The van der Waals surface area contributed by atoms with E-state index in [1.165, 1.54) is 11.3 Å². The lowest BCUT2D eigenvalue weighted by molar-refractivity contribution is 0.0952. The Morgan fingerprint density at radius 3 is 2.83 bits per heavy atom. The molecule has 1 aromatic rings. The van der Waals surface area contributed by atoms with Gasteiger partial charge in [-0.2, -0.15) is 0 Å². The predicted octanol–water partition coefficient (Wildman–Crippen LogP) is 1.90. The monoisotopic (exact) mass is 271 g/mol. The van der Waals surface area contributed by atoms with Gasteiger partial charge in [0.25, 0.3) is 5.91 Å². The normalized spacial score (nSPS) is 10.7. The number of methoxy groups -OCH3 is 1. The average Bonchev–Trinajstić information content (AvgIpc) is 2.68. The van der Waals surface area contributed by atoms with E-state index in [1.807, 2.05) is 6.92 Å². The molecular formula is C12H21N3O2S. The molecule has 0 bridgehead atoms. The molecule has 0 aromatic carbocycles. The zero-order valence-corrected chi connectivity index (χ0v) is 12.2. The van der Waals surface area contributed by atoms with Crippen LogP contribution in [-0.2, 0) is 4.74 Å². The van der Waals surface area contributed by atoms with Crippen LogP contribution in [0.1, 0.15) is 29.2 Å². The number of carbonyl (C=O) groups is 1. The first-order valence-corrected chi connectivity index (χ1v) is 6.84. The molecule has 102 valence electrons. The van der Waals surface area contributed by atoms with Gasteiger partial charge in [0.1, 0.15) is 4.88 Å². The number of anilines is 1. The van der Waals surface area contributed by atoms with E-state index in [0.717, 1.165) is 10.8 Å². The molecule has 5 nitrogen and oxygen atoms in total. The van der Waals surface area contributed by atoms with Gasteiger partial charge < -0.3 is 15.4 Å². The average molecular weight is 271 g/mol. The Morgan fingerprint density at radius 2 is 2.22 bits per heavy atom. The second kappa shape index (κ2) is 7.33. The highest BCUT2D eigenvalue weighted by Gasteiger charge is 2.14. The fraction of sp³-hybridized carbons (Fsp3) is 0.667. The summed E-state index contributed by atoms with van der Waals surface area (Å²) in [6.45, 7) is 7.98. The van der Waals surface area contributed by atoms with Gasteiger partial charge in [-0.05, 0) is 12.8 Å². The molecule has 0 aliphatic heterocycles. The Kier molecular flexibility index (Phi) is 6.07. The first kappa shape index (κ1) is 14.9. The van der Waals surface area contributed by atoms with Gasteiger partial charge in [0.2, 0.25) is 0 Å². The first-order chi connectivity index (χ1) is 8.54. The molecule has 18 heavy (non-hydrogen) atoms. The SMILES string of the molecule is COCCNc1nc(C)c(C(=O)NCC(C)C)s1. The number of hydrogen-bond acceptors (Lipinski definition) is 5. The minimum absolute atomic E-state index is 0.0431. The fourth-order valence-corrected chi connectivity index (χ4v) is 2.23. The van der Waals surface area contributed by atoms with Crippen LogP contribution < -0.4 is 10.6 Å². The van der Waals surface area contributed by atoms with Crippen molar-refractivity contribution in [3.63, 3.8) is 0 Å². The van der Waals surface area contributed by atoms with Gasteiger partial charge in [0, 0.05) is 20.2 Å². The standard InChI is InChI=1S/C12H21N3O2S/c1-8(2)7-14-11(16)10-9(3)15-12(18-10)13-5-6-17-4/h8H,5-7H2,1-4H3,(H,13,15)(H,14,16). The van der Waals surface area contributed by atoms with Crippen LogP contribution in [0.25, 0.3) is 0 Å². The number of nitrogens with one attached hydrogen (secondary N) is 2. The quantitative estimate of drug-likeness (QED) is 0.743. The smallest absolute Gasteiger partial charge is 0.263 e. The van der Waals surface area contributed by atoms with Crippen molar-refractivity contribution in [3.8, 4) is 0 Å². The maximum absolute atomic E-state index is 11.9. The summed E-state index contributed by atoms with van der Waals surface area (Å²) in [6.07, 6.45) is 0. The molecule has 0 saturated carbocycles. The molecule has 6 heteroatoms. The maximum atomic E-state index is 11.9. The molecule has 0 atom stereocenters. The van der Waals surface area contributed by atoms with Crippen molar-refractivity contribution in [2.24, 2.45) is 5.92 Å². The Hall–Kier alpha value is -1.14. The van der Waals surface area contributed by atoms with Crippen LogP contribution in [0, 0.1) is 12.8 Å². The molecule has 0 aliphatic carbocycles. The summed E-state index contributed by atoms with van der Waals surface area (Å²) < 4.78 is 4.95. The molecule has 1 aromatic heterocycles. The fourth-order valence-electron chi connectivity index (χ4n) is 1.32. The first-order valence-electron chi connectivity index (χ1n) is 6.03. The van der Waals surface area contributed by atoms with Gasteiger partial charge in [-0.3, -0.25) is 4.79 Å². The highest BCUT2D eigenvalue weighted by molar-refractivity contribution is 7.17. The van der Waals surface area contributed by atoms with Crippen molar-refractivity contribution < 1.29 is 9.53 Å². The van der Waals surface area contributed by atoms with Crippen molar-refractivity contribution in [1.82, 2.24) is 10.3 Å². The van der Waals surface area contributed by atoms with E-state index in [-0.39, 0.29) is 5.91 Å². The van der Waals surface area contributed by atoms with Crippen molar-refractivity contribution in [1.29, 1.82) is 0 Å². The highest BCUT2D eigenvalue weighted by atomic mass is 32.1. The number of carbonyl (C=O) groups excluding carboxylic acids is 1. The minimum Gasteiger partial charge on any atom is -0.383 e. The number of amides is 1. The van der Waals surface area contributed by atoms with Crippen LogP contribution in [0.2, 0.25) is 0 Å². The van der Waals surface area contributed by atoms with Crippen LogP contribution in [0.15, 0.2) is 0 Å². The molecule has 0 fully saturated rings. The molecule has 0 aliphatic rings. The van der Waals surface area contributed by atoms with E-state index < -0.39 is 0 Å². The summed E-state index contributed by atoms with van der Waals surface area (Å²) in [4.78, 5) is 16.9. The number of rotatable bonds is 7. The molecule has 0 spiro atoms.